The SMILES string of the molecule is Cn1cc(CCNCc2cn[nH]c2-c2cccnc2)cn1. The van der Waals surface area contributed by atoms with Crippen molar-refractivity contribution in [2.45, 2.75) is 13.0 Å². The van der Waals surface area contributed by atoms with Crippen molar-refractivity contribution in [1.29, 1.82) is 0 Å². The molecular weight excluding hydrogens is 264 g/mol. The summed E-state index contributed by atoms with van der Waals surface area (Å²) in [4.78, 5) is 4.14. The molecule has 0 unspecified atom stereocenters. The largest absolute Gasteiger partial charge is 0.312 e. The van der Waals surface area contributed by atoms with Crippen LogP contribution in [0.5, 0.6) is 0 Å². The molecule has 21 heavy (non-hydrogen) atoms. The molecular formula is C15H18N6. The molecule has 0 fully saturated rings. The lowest BCUT2D eigenvalue weighted by Crippen LogP contribution is -2.16. The lowest BCUT2D eigenvalue weighted by molar-refractivity contribution is 0.687. The van der Waals surface area contributed by atoms with Gasteiger partial charge in [-0.05, 0) is 30.7 Å². The summed E-state index contributed by atoms with van der Waals surface area (Å²) >= 11 is 0. The van der Waals surface area contributed by atoms with Gasteiger partial charge in [0, 0.05) is 43.3 Å². The summed E-state index contributed by atoms with van der Waals surface area (Å²) < 4.78 is 1.83. The van der Waals surface area contributed by atoms with Crippen LogP contribution >= 0.6 is 0 Å². The van der Waals surface area contributed by atoms with Crippen LogP contribution in [0.15, 0.2) is 43.1 Å². The van der Waals surface area contributed by atoms with Gasteiger partial charge < -0.3 is 5.32 Å². The van der Waals surface area contributed by atoms with Crippen LogP contribution in [-0.4, -0.2) is 31.5 Å². The number of aromatic amines is 1. The molecule has 3 rings (SSSR count). The number of hydrogen-bond donors (Lipinski definition) is 2. The summed E-state index contributed by atoms with van der Waals surface area (Å²) in [6, 6.07) is 3.95. The van der Waals surface area contributed by atoms with Crippen molar-refractivity contribution in [2.75, 3.05) is 6.54 Å². The fourth-order valence-electron chi connectivity index (χ4n) is 2.26. The topological polar surface area (TPSA) is 71.4 Å². The molecule has 6 nitrogen and oxygen atoms in total. The molecule has 3 heterocycles. The number of nitrogens with zero attached hydrogens (tertiary/aromatic N) is 4. The van der Waals surface area contributed by atoms with Gasteiger partial charge in [0.05, 0.1) is 18.1 Å². The molecule has 0 aliphatic carbocycles. The van der Waals surface area contributed by atoms with Crippen LogP contribution < -0.4 is 5.32 Å². The van der Waals surface area contributed by atoms with Crippen molar-refractivity contribution in [1.82, 2.24) is 30.3 Å². The molecule has 0 radical (unpaired) electrons. The first-order chi connectivity index (χ1) is 10.3. The molecule has 0 bridgehead atoms. The number of aryl methyl sites for hydroxylation is 1. The van der Waals surface area contributed by atoms with E-state index in [1.54, 1.807) is 6.20 Å². The van der Waals surface area contributed by atoms with E-state index in [0.29, 0.717) is 0 Å². The molecule has 0 aliphatic rings. The van der Waals surface area contributed by atoms with E-state index in [-0.39, 0.29) is 0 Å². The highest BCUT2D eigenvalue weighted by molar-refractivity contribution is 5.61. The van der Waals surface area contributed by atoms with E-state index >= 15 is 0 Å². The van der Waals surface area contributed by atoms with Crippen LogP contribution in [0.25, 0.3) is 11.3 Å². The third kappa shape index (κ3) is 3.35. The second-order valence-corrected chi connectivity index (χ2v) is 4.96. The molecule has 0 saturated carbocycles. The molecule has 0 atom stereocenters. The van der Waals surface area contributed by atoms with Crippen LogP contribution in [0, 0.1) is 0 Å². The Balaban J connectivity index is 1.55. The lowest BCUT2D eigenvalue weighted by Gasteiger charge is -2.05. The molecule has 3 aromatic heterocycles. The molecule has 108 valence electrons. The van der Waals surface area contributed by atoms with Gasteiger partial charge in [-0.15, -0.1) is 0 Å². The standard InChI is InChI=1S/C15H18N6/c1-21-11-12(7-19-21)4-6-17-9-14-10-18-20-15(14)13-3-2-5-16-8-13/h2-3,5,7-8,10-11,17H,4,6,9H2,1H3,(H,18,20). The Morgan fingerprint density at radius 1 is 1.29 bits per heavy atom. The quantitative estimate of drug-likeness (QED) is 0.673. The first kappa shape index (κ1) is 13.5. The Labute approximate surface area is 123 Å². The first-order valence-electron chi connectivity index (χ1n) is 6.94. The summed E-state index contributed by atoms with van der Waals surface area (Å²) in [6.07, 6.45) is 10.4. The monoisotopic (exact) mass is 282 g/mol. The summed E-state index contributed by atoms with van der Waals surface area (Å²) in [7, 11) is 1.93. The van der Waals surface area contributed by atoms with E-state index in [1.807, 2.05) is 48.6 Å². The minimum atomic E-state index is 0.779. The van der Waals surface area contributed by atoms with Crippen molar-refractivity contribution in [3.8, 4) is 11.3 Å². The van der Waals surface area contributed by atoms with Gasteiger partial charge in [0.2, 0.25) is 0 Å². The Bertz CT molecular complexity index is 685. The molecule has 0 aliphatic heterocycles. The average molecular weight is 282 g/mol. The van der Waals surface area contributed by atoms with E-state index < -0.39 is 0 Å². The number of rotatable bonds is 6. The van der Waals surface area contributed by atoms with E-state index in [2.05, 4.69) is 25.6 Å². The second-order valence-electron chi connectivity index (χ2n) is 4.96. The van der Waals surface area contributed by atoms with Gasteiger partial charge >= 0.3 is 0 Å². The highest BCUT2D eigenvalue weighted by atomic mass is 15.2. The normalized spacial score (nSPS) is 10.9. The van der Waals surface area contributed by atoms with Gasteiger partial charge in [-0.25, -0.2) is 0 Å². The number of H-pyrrole nitrogens is 1. The van der Waals surface area contributed by atoms with Crippen molar-refractivity contribution in [3.05, 3.63) is 54.2 Å². The van der Waals surface area contributed by atoms with Crippen molar-refractivity contribution in [3.63, 3.8) is 0 Å². The van der Waals surface area contributed by atoms with Gasteiger partial charge in [-0.3, -0.25) is 14.8 Å². The number of nitrogens with one attached hydrogen (secondary N) is 2. The average Bonchev–Trinajstić information content (AvgIpc) is 3.13. The molecule has 3 aromatic rings. The van der Waals surface area contributed by atoms with Gasteiger partial charge in [-0.2, -0.15) is 10.2 Å². The molecule has 0 saturated heterocycles. The Morgan fingerprint density at radius 2 is 2.24 bits per heavy atom. The number of aromatic nitrogens is 5. The van der Waals surface area contributed by atoms with E-state index in [9.17, 15) is 0 Å². The van der Waals surface area contributed by atoms with E-state index in [4.69, 9.17) is 0 Å². The fraction of sp³-hybridized carbons (Fsp3) is 0.267. The van der Waals surface area contributed by atoms with E-state index in [0.717, 1.165) is 36.3 Å². The summed E-state index contributed by atoms with van der Waals surface area (Å²) in [5, 5.41) is 14.8. The highest BCUT2D eigenvalue weighted by Crippen LogP contribution is 2.19. The van der Waals surface area contributed by atoms with Crippen LogP contribution in [-0.2, 0) is 20.0 Å². The van der Waals surface area contributed by atoms with Crippen molar-refractivity contribution in [2.24, 2.45) is 7.05 Å². The van der Waals surface area contributed by atoms with Gasteiger partial charge in [-0.1, -0.05) is 0 Å². The van der Waals surface area contributed by atoms with E-state index in [1.165, 1.54) is 5.56 Å². The molecule has 0 spiro atoms. The first-order valence-corrected chi connectivity index (χ1v) is 6.94. The number of pyridine rings is 1. The minimum Gasteiger partial charge on any atom is -0.312 e. The van der Waals surface area contributed by atoms with Crippen molar-refractivity contribution >= 4 is 0 Å². The predicted molar refractivity (Wildman–Crippen MR) is 80.4 cm³/mol. The zero-order chi connectivity index (χ0) is 14.5. The van der Waals surface area contributed by atoms with Crippen LogP contribution in [0.4, 0.5) is 0 Å². The Morgan fingerprint density at radius 3 is 3.00 bits per heavy atom. The maximum Gasteiger partial charge on any atom is 0.0710 e. The Kier molecular flexibility index (Phi) is 4.07. The van der Waals surface area contributed by atoms with Crippen molar-refractivity contribution < 1.29 is 0 Å². The Hall–Kier alpha value is -2.47. The zero-order valence-electron chi connectivity index (χ0n) is 12.0. The molecule has 6 heteroatoms. The lowest BCUT2D eigenvalue weighted by atomic mass is 10.1. The zero-order valence-corrected chi connectivity index (χ0v) is 12.0. The summed E-state index contributed by atoms with van der Waals surface area (Å²) in [5.74, 6) is 0. The summed E-state index contributed by atoms with van der Waals surface area (Å²) in [5.41, 5.74) is 4.47. The highest BCUT2D eigenvalue weighted by Gasteiger charge is 2.07. The maximum absolute atomic E-state index is 4.17. The molecule has 0 aromatic carbocycles. The third-order valence-corrected chi connectivity index (χ3v) is 3.33. The van der Waals surface area contributed by atoms with Crippen LogP contribution in [0.1, 0.15) is 11.1 Å². The minimum absolute atomic E-state index is 0.779. The number of hydrogen-bond acceptors (Lipinski definition) is 4. The predicted octanol–water partition coefficient (Wildman–Crippen LogP) is 1.54. The van der Waals surface area contributed by atoms with Crippen LogP contribution in [0.3, 0.4) is 0 Å². The van der Waals surface area contributed by atoms with Gasteiger partial charge in [0.15, 0.2) is 0 Å². The van der Waals surface area contributed by atoms with Gasteiger partial charge in [0.1, 0.15) is 0 Å². The smallest absolute Gasteiger partial charge is 0.0710 e. The third-order valence-electron chi connectivity index (χ3n) is 3.33. The fourth-order valence-corrected chi connectivity index (χ4v) is 2.26. The summed E-state index contributed by atoms with van der Waals surface area (Å²) in [6.45, 7) is 1.68. The van der Waals surface area contributed by atoms with Crippen LogP contribution in [0.2, 0.25) is 0 Å². The maximum atomic E-state index is 4.17. The molecule has 2 N–H and O–H groups in total. The van der Waals surface area contributed by atoms with Gasteiger partial charge in [0.25, 0.3) is 0 Å². The molecule has 0 amide bonds. The second kappa shape index (κ2) is 6.32.